The smallest absolute Gasteiger partial charge is 0.310 e. The molecule has 2 aromatic carbocycles. The van der Waals surface area contributed by atoms with Crippen LogP contribution < -0.4 is 10.0 Å². The number of nitrogens with zero attached hydrogens (tertiary/aromatic N) is 1. The van der Waals surface area contributed by atoms with E-state index in [2.05, 4.69) is 37.5 Å². The largest absolute Gasteiger partial charge is 0.466 e. The summed E-state index contributed by atoms with van der Waals surface area (Å²) in [7, 11) is 0. The summed E-state index contributed by atoms with van der Waals surface area (Å²) in [6.45, 7) is 6.10. The Kier molecular flexibility index (Phi) is 7.37. The van der Waals surface area contributed by atoms with E-state index >= 15 is 0 Å². The molecule has 0 aliphatic heterocycles. The van der Waals surface area contributed by atoms with Crippen molar-refractivity contribution in [2.75, 3.05) is 16.6 Å². The van der Waals surface area contributed by atoms with Crippen LogP contribution in [0, 0.1) is 0 Å². The Labute approximate surface area is 182 Å². The fraction of sp³-hybridized carbons (Fsp3) is 0.143. The molecule has 0 aliphatic carbocycles. The number of halogens is 1. The lowest BCUT2D eigenvalue weighted by Gasteiger charge is -2.14. The minimum atomic E-state index is -0.261. The molecule has 6 nitrogen and oxygen atoms in total. The van der Waals surface area contributed by atoms with Crippen LogP contribution in [0.2, 0.25) is 0 Å². The van der Waals surface area contributed by atoms with Gasteiger partial charge < -0.3 is 19.2 Å². The lowest BCUT2D eigenvalue weighted by molar-refractivity contribution is -0.142. The van der Waals surface area contributed by atoms with Gasteiger partial charge in [-0.3, -0.25) is 4.79 Å². The van der Waals surface area contributed by atoms with E-state index in [9.17, 15) is 4.79 Å². The summed E-state index contributed by atoms with van der Waals surface area (Å²) in [6.07, 6.45) is 3.25. The summed E-state index contributed by atoms with van der Waals surface area (Å²) in [6, 6.07) is 13.6. The van der Waals surface area contributed by atoms with Gasteiger partial charge in [-0.05, 0) is 60.8 Å². The van der Waals surface area contributed by atoms with E-state index in [1.54, 1.807) is 13.1 Å². The van der Waals surface area contributed by atoms with Crippen LogP contribution in [0.15, 0.2) is 75.3 Å². The van der Waals surface area contributed by atoms with E-state index < -0.39 is 0 Å². The van der Waals surface area contributed by atoms with Crippen LogP contribution in [-0.2, 0) is 16.0 Å². The van der Waals surface area contributed by atoms with Gasteiger partial charge in [0, 0.05) is 20.7 Å². The highest BCUT2D eigenvalue weighted by molar-refractivity contribution is 9.10. The van der Waals surface area contributed by atoms with E-state index in [1.165, 1.54) is 18.2 Å². The third kappa shape index (κ3) is 6.13. The molecular weight excluding hydrogens is 454 g/mol. The average Bonchev–Trinajstić information content (AvgIpc) is 3.24. The van der Waals surface area contributed by atoms with Crippen molar-refractivity contribution in [2.24, 2.45) is 0 Å². The van der Waals surface area contributed by atoms with E-state index in [0.29, 0.717) is 18.2 Å². The first-order chi connectivity index (χ1) is 14.0. The molecule has 0 saturated carbocycles. The topological polar surface area (TPSA) is 76.4 Å². The Morgan fingerprint density at radius 2 is 2.00 bits per heavy atom. The highest BCUT2D eigenvalue weighted by Gasteiger charge is 2.12. The van der Waals surface area contributed by atoms with Gasteiger partial charge in [0.1, 0.15) is 6.26 Å². The van der Waals surface area contributed by atoms with E-state index in [-0.39, 0.29) is 12.4 Å². The molecule has 0 atom stereocenters. The zero-order valence-electron chi connectivity index (χ0n) is 15.8. The van der Waals surface area contributed by atoms with E-state index in [0.717, 1.165) is 26.3 Å². The standard InChI is InChI=1S/C21H20BrN3O3S/c1-3-27-20(26)12-15-4-7-18(24-14(2)21-23-10-11-28-21)13-19(15)29-25-17-8-5-16(22)6-9-17/h4-11,13,24-25H,2-3,12H2,1H3. The molecule has 0 fully saturated rings. The van der Waals surface area contributed by atoms with Crippen LogP contribution in [0.25, 0.3) is 5.70 Å². The van der Waals surface area contributed by atoms with Crippen LogP contribution in [0.1, 0.15) is 18.4 Å². The highest BCUT2D eigenvalue weighted by Crippen LogP contribution is 2.30. The summed E-state index contributed by atoms with van der Waals surface area (Å²) >= 11 is 4.85. The van der Waals surface area contributed by atoms with Gasteiger partial charge in [-0.2, -0.15) is 0 Å². The second-order valence-corrected chi connectivity index (χ2v) is 7.72. The number of ether oxygens (including phenoxy) is 1. The second kappa shape index (κ2) is 10.2. The predicted molar refractivity (Wildman–Crippen MR) is 120 cm³/mol. The number of anilines is 2. The quantitative estimate of drug-likeness (QED) is 0.302. The van der Waals surface area contributed by atoms with Gasteiger partial charge in [0.05, 0.1) is 24.9 Å². The first-order valence-electron chi connectivity index (χ1n) is 8.88. The molecule has 0 aliphatic rings. The van der Waals surface area contributed by atoms with Gasteiger partial charge in [0.25, 0.3) is 0 Å². The first kappa shape index (κ1) is 21.0. The lowest BCUT2D eigenvalue weighted by Crippen LogP contribution is -2.09. The van der Waals surface area contributed by atoms with E-state index in [1.807, 2.05) is 42.5 Å². The molecule has 0 unspecified atom stereocenters. The van der Waals surface area contributed by atoms with Crippen molar-refractivity contribution in [3.8, 4) is 0 Å². The zero-order valence-corrected chi connectivity index (χ0v) is 18.2. The Hall–Kier alpha value is -2.71. The molecule has 1 heterocycles. The fourth-order valence-corrected chi connectivity index (χ4v) is 3.56. The summed E-state index contributed by atoms with van der Waals surface area (Å²) in [4.78, 5) is 17.0. The molecule has 0 amide bonds. The molecule has 3 rings (SSSR count). The number of hydrogen-bond acceptors (Lipinski definition) is 7. The van der Waals surface area contributed by atoms with Crippen molar-refractivity contribution in [1.82, 2.24) is 4.98 Å². The molecule has 29 heavy (non-hydrogen) atoms. The Morgan fingerprint density at radius 3 is 2.69 bits per heavy atom. The maximum Gasteiger partial charge on any atom is 0.310 e. The lowest BCUT2D eigenvalue weighted by atomic mass is 10.1. The number of aromatic nitrogens is 1. The molecule has 0 saturated heterocycles. The number of hydrogen-bond donors (Lipinski definition) is 2. The summed E-state index contributed by atoms with van der Waals surface area (Å²) in [5, 5.41) is 3.18. The van der Waals surface area contributed by atoms with Gasteiger partial charge in [0.15, 0.2) is 0 Å². The normalized spacial score (nSPS) is 10.4. The molecular formula is C21H20BrN3O3S. The van der Waals surface area contributed by atoms with Crippen molar-refractivity contribution in [1.29, 1.82) is 0 Å². The number of carbonyl (C=O) groups is 1. The van der Waals surface area contributed by atoms with Crippen LogP contribution in [-0.4, -0.2) is 17.6 Å². The monoisotopic (exact) mass is 473 g/mol. The van der Waals surface area contributed by atoms with Crippen LogP contribution in [0.5, 0.6) is 0 Å². The second-order valence-electron chi connectivity index (χ2n) is 5.96. The third-order valence-electron chi connectivity index (χ3n) is 3.82. The molecule has 0 radical (unpaired) electrons. The van der Waals surface area contributed by atoms with Crippen molar-refractivity contribution in [3.63, 3.8) is 0 Å². The Morgan fingerprint density at radius 1 is 1.24 bits per heavy atom. The molecule has 3 aromatic rings. The van der Waals surface area contributed by atoms with Crippen molar-refractivity contribution in [2.45, 2.75) is 18.2 Å². The zero-order chi connectivity index (χ0) is 20.6. The number of carbonyl (C=O) groups excluding carboxylic acids is 1. The average molecular weight is 474 g/mol. The number of rotatable bonds is 9. The highest BCUT2D eigenvalue weighted by atomic mass is 79.9. The third-order valence-corrected chi connectivity index (χ3v) is 5.28. The van der Waals surface area contributed by atoms with Crippen LogP contribution in [0.3, 0.4) is 0 Å². The number of esters is 1. The molecule has 0 spiro atoms. The molecule has 1 aromatic heterocycles. The minimum absolute atomic E-state index is 0.194. The maximum absolute atomic E-state index is 12.0. The number of benzene rings is 2. The molecule has 0 bridgehead atoms. The SMILES string of the molecule is C=C(Nc1ccc(CC(=O)OCC)c(SNc2ccc(Br)cc2)c1)c1ncco1. The predicted octanol–water partition coefficient (Wildman–Crippen LogP) is 5.74. The fourth-order valence-electron chi connectivity index (χ4n) is 2.47. The molecule has 2 N–H and O–H groups in total. The van der Waals surface area contributed by atoms with Gasteiger partial charge in [-0.1, -0.05) is 28.6 Å². The van der Waals surface area contributed by atoms with E-state index in [4.69, 9.17) is 9.15 Å². The van der Waals surface area contributed by atoms with Gasteiger partial charge in [0.2, 0.25) is 5.89 Å². The van der Waals surface area contributed by atoms with Gasteiger partial charge >= 0.3 is 5.97 Å². The number of nitrogens with one attached hydrogen (secondary N) is 2. The van der Waals surface area contributed by atoms with Gasteiger partial charge in [-0.25, -0.2) is 4.98 Å². The number of oxazole rings is 1. The van der Waals surface area contributed by atoms with Gasteiger partial charge in [-0.15, -0.1) is 0 Å². The Balaban J connectivity index is 1.78. The van der Waals surface area contributed by atoms with Crippen molar-refractivity contribution >= 4 is 50.9 Å². The summed E-state index contributed by atoms with van der Waals surface area (Å²) in [5.41, 5.74) is 3.17. The van der Waals surface area contributed by atoms with Crippen LogP contribution >= 0.6 is 27.9 Å². The Bertz CT molecular complexity index is 975. The summed E-state index contributed by atoms with van der Waals surface area (Å²) < 4.78 is 14.7. The van der Waals surface area contributed by atoms with Crippen molar-refractivity contribution < 1.29 is 13.9 Å². The molecule has 150 valence electrons. The maximum atomic E-state index is 12.0. The minimum Gasteiger partial charge on any atom is -0.466 e. The van der Waals surface area contributed by atoms with Crippen LogP contribution in [0.4, 0.5) is 11.4 Å². The first-order valence-corrected chi connectivity index (χ1v) is 10.5. The molecule has 8 heteroatoms. The van der Waals surface area contributed by atoms with Crippen molar-refractivity contribution in [3.05, 3.63) is 77.4 Å². The summed E-state index contributed by atoms with van der Waals surface area (Å²) in [5.74, 6) is 0.158.